The Bertz CT molecular complexity index is 386. The Kier molecular flexibility index (Phi) is 4.48. The summed E-state index contributed by atoms with van der Waals surface area (Å²) >= 11 is 5.83. The van der Waals surface area contributed by atoms with Gasteiger partial charge >= 0.3 is 0 Å². The zero-order chi connectivity index (χ0) is 12.1. The molecule has 0 radical (unpaired) electrons. The van der Waals surface area contributed by atoms with E-state index in [1.165, 1.54) is 17.2 Å². The monoisotopic (exact) mass is 244 g/mol. The van der Waals surface area contributed by atoms with Crippen LogP contribution >= 0.6 is 11.6 Å². The number of carbonyl (C=O) groups is 1. The van der Waals surface area contributed by atoms with Gasteiger partial charge in [0.2, 0.25) is 0 Å². The third kappa shape index (κ3) is 2.82. The van der Waals surface area contributed by atoms with E-state index in [0.717, 1.165) is 0 Å². The smallest absolute Gasteiger partial charge is 0.255 e. The van der Waals surface area contributed by atoms with Gasteiger partial charge in [-0.2, -0.15) is 0 Å². The van der Waals surface area contributed by atoms with Crippen molar-refractivity contribution in [2.24, 2.45) is 5.84 Å². The number of aromatic nitrogens is 1. The molecule has 0 aliphatic rings. The molecule has 0 spiro atoms. The van der Waals surface area contributed by atoms with Gasteiger partial charge in [0.25, 0.3) is 5.91 Å². The number of hydrazine groups is 1. The van der Waals surface area contributed by atoms with Crippen LogP contribution in [0.4, 0.5) is 5.82 Å². The number of likely N-dealkylation sites (N-methyl/N-ethyl adjacent to an activating group) is 1. The third-order valence-corrected chi connectivity index (χ3v) is 2.30. The Balaban J connectivity index is 2.88. The summed E-state index contributed by atoms with van der Waals surface area (Å²) in [5.41, 5.74) is 2.65. The summed E-state index contributed by atoms with van der Waals surface area (Å²) in [6.45, 7) is 0.166. The maximum atomic E-state index is 11.8. The lowest BCUT2D eigenvalue weighted by Crippen LogP contribution is -2.29. The molecule has 1 aromatic rings. The van der Waals surface area contributed by atoms with E-state index >= 15 is 0 Å². The van der Waals surface area contributed by atoms with Gasteiger partial charge in [-0.1, -0.05) is 11.6 Å². The van der Waals surface area contributed by atoms with Crippen molar-refractivity contribution < 1.29 is 9.90 Å². The minimum Gasteiger partial charge on any atom is -0.395 e. The molecule has 1 amide bonds. The lowest BCUT2D eigenvalue weighted by Gasteiger charge is -2.15. The Morgan fingerprint density at radius 2 is 2.44 bits per heavy atom. The minimum absolute atomic E-state index is 0.0914. The number of nitrogens with two attached hydrogens (primary N) is 1. The van der Waals surface area contributed by atoms with Crippen LogP contribution in [-0.2, 0) is 0 Å². The molecular weight excluding hydrogens is 232 g/mol. The van der Waals surface area contributed by atoms with E-state index < -0.39 is 0 Å². The predicted molar refractivity (Wildman–Crippen MR) is 61.1 cm³/mol. The molecule has 0 aliphatic heterocycles. The summed E-state index contributed by atoms with van der Waals surface area (Å²) in [6.07, 6.45) is 1.37. The van der Waals surface area contributed by atoms with Gasteiger partial charge in [-0.05, 0) is 6.07 Å². The number of carbonyl (C=O) groups excluding carboxylic acids is 1. The molecule has 7 heteroatoms. The molecule has 0 bridgehead atoms. The highest BCUT2D eigenvalue weighted by atomic mass is 35.5. The number of hydrogen-bond acceptors (Lipinski definition) is 5. The lowest BCUT2D eigenvalue weighted by molar-refractivity contribution is 0.0766. The average Bonchev–Trinajstić information content (AvgIpc) is 2.28. The Morgan fingerprint density at radius 1 is 1.75 bits per heavy atom. The number of anilines is 1. The highest BCUT2D eigenvalue weighted by Crippen LogP contribution is 2.19. The molecule has 0 aliphatic carbocycles. The average molecular weight is 245 g/mol. The van der Waals surface area contributed by atoms with Gasteiger partial charge in [-0.25, -0.2) is 10.8 Å². The standard InChI is InChI=1S/C9H13ClN4O2/c1-14(2-3-15)9(16)6-4-7(10)8(13-11)12-5-6/h4-5,15H,2-3,11H2,1H3,(H,12,13). The van der Waals surface area contributed by atoms with E-state index in [2.05, 4.69) is 10.4 Å². The van der Waals surface area contributed by atoms with Gasteiger partial charge < -0.3 is 15.4 Å². The highest BCUT2D eigenvalue weighted by molar-refractivity contribution is 6.33. The summed E-state index contributed by atoms with van der Waals surface area (Å²) < 4.78 is 0. The first-order valence-corrected chi connectivity index (χ1v) is 4.96. The normalized spacial score (nSPS) is 10.0. The van der Waals surface area contributed by atoms with Crippen LogP contribution < -0.4 is 11.3 Å². The number of nitrogen functional groups attached to an aromatic ring is 1. The fourth-order valence-electron chi connectivity index (χ4n) is 1.13. The van der Waals surface area contributed by atoms with Crippen molar-refractivity contribution in [3.8, 4) is 0 Å². The molecule has 0 saturated heterocycles. The molecule has 1 heterocycles. The number of aliphatic hydroxyl groups excluding tert-OH is 1. The second-order valence-corrected chi connectivity index (χ2v) is 3.56. The molecule has 88 valence electrons. The third-order valence-electron chi connectivity index (χ3n) is 2.01. The predicted octanol–water partition coefficient (Wildman–Crippen LogP) is 0.0849. The quantitative estimate of drug-likeness (QED) is 0.516. The second-order valence-electron chi connectivity index (χ2n) is 3.15. The second kappa shape index (κ2) is 5.64. The number of aliphatic hydroxyl groups is 1. The fraction of sp³-hybridized carbons (Fsp3) is 0.333. The summed E-state index contributed by atoms with van der Waals surface area (Å²) in [7, 11) is 1.58. The van der Waals surface area contributed by atoms with Crippen LogP contribution in [0.1, 0.15) is 10.4 Å². The molecule has 0 saturated carbocycles. The van der Waals surface area contributed by atoms with Gasteiger partial charge in [0.15, 0.2) is 5.82 Å². The molecule has 0 atom stereocenters. The molecule has 0 unspecified atom stereocenters. The zero-order valence-corrected chi connectivity index (χ0v) is 9.53. The van der Waals surface area contributed by atoms with Crippen molar-refractivity contribution in [3.05, 3.63) is 22.8 Å². The Labute approximate surface area is 98.0 Å². The van der Waals surface area contributed by atoms with Crippen LogP contribution in [0.3, 0.4) is 0 Å². The molecule has 1 rings (SSSR count). The first-order chi connectivity index (χ1) is 7.60. The minimum atomic E-state index is -0.257. The van der Waals surface area contributed by atoms with E-state index in [9.17, 15) is 4.79 Å². The molecular formula is C9H13ClN4O2. The number of halogens is 1. The topological polar surface area (TPSA) is 91.5 Å². The van der Waals surface area contributed by atoms with Crippen molar-refractivity contribution >= 4 is 23.3 Å². The van der Waals surface area contributed by atoms with Crippen LogP contribution in [0.5, 0.6) is 0 Å². The maximum absolute atomic E-state index is 11.8. The van der Waals surface area contributed by atoms with E-state index in [0.29, 0.717) is 11.4 Å². The van der Waals surface area contributed by atoms with Gasteiger partial charge in [0.1, 0.15) is 0 Å². The molecule has 6 nitrogen and oxygen atoms in total. The zero-order valence-electron chi connectivity index (χ0n) is 8.77. The van der Waals surface area contributed by atoms with Crippen molar-refractivity contribution in [2.45, 2.75) is 0 Å². The highest BCUT2D eigenvalue weighted by Gasteiger charge is 2.13. The Hall–Kier alpha value is -1.37. The van der Waals surface area contributed by atoms with E-state index in [1.54, 1.807) is 7.05 Å². The molecule has 16 heavy (non-hydrogen) atoms. The summed E-state index contributed by atoms with van der Waals surface area (Å²) in [5, 5.41) is 8.98. The van der Waals surface area contributed by atoms with E-state index in [-0.39, 0.29) is 24.1 Å². The van der Waals surface area contributed by atoms with Gasteiger partial charge in [-0.3, -0.25) is 4.79 Å². The van der Waals surface area contributed by atoms with Crippen LogP contribution in [0.15, 0.2) is 12.3 Å². The van der Waals surface area contributed by atoms with Crippen molar-refractivity contribution in [1.82, 2.24) is 9.88 Å². The number of rotatable bonds is 4. The van der Waals surface area contributed by atoms with E-state index in [1.807, 2.05) is 0 Å². The van der Waals surface area contributed by atoms with Crippen molar-refractivity contribution in [3.63, 3.8) is 0 Å². The summed E-state index contributed by atoms with van der Waals surface area (Å²) in [6, 6.07) is 1.47. The molecule has 4 N–H and O–H groups in total. The van der Waals surface area contributed by atoms with Gasteiger partial charge in [0.05, 0.1) is 17.2 Å². The SMILES string of the molecule is CN(CCO)C(=O)c1cnc(NN)c(Cl)c1. The van der Waals surface area contributed by atoms with Crippen molar-refractivity contribution in [1.29, 1.82) is 0 Å². The number of nitrogens with zero attached hydrogens (tertiary/aromatic N) is 2. The molecule has 1 aromatic heterocycles. The van der Waals surface area contributed by atoms with Gasteiger partial charge in [0, 0.05) is 19.8 Å². The van der Waals surface area contributed by atoms with Gasteiger partial charge in [-0.15, -0.1) is 0 Å². The lowest BCUT2D eigenvalue weighted by atomic mass is 10.2. The molecule has 0 fully saturated rings. The van der Waals surface area contributed by atoms with Crippen LogP contribution in [0.2, 0.25) is 5.02 Å². The van der Waals surface area contributed by atoms with E-state index in [4.69, 9.17) is 22.6 Å². The first-order valence-electron chi connectivity index (χ1n) is 4.58. The fourth-order valence-corrected chi connectivity index (χ4v) is 1.35. The number of pyridine rings is 1. The number of hydrogen-bond donors (Lipinski definition) is 3. The largest absolute Gasteiger partial charge is 0.395 e. The van der Waals surface area contributed by atoms with Crippen molar-refractivity contribution in [2.75, 3.05) is 25.6 Å². The Morgan fingerprint density at radius 3 is 2.94 bits per heavy atom. The van der Waals surface area contributed by atoms with Crippen LogP contribution in [0.25, 0.3) is 0 Å². The first kappa shape index (κ1) is 12.7. The number of amides is 1. The maximum Gasteiger partial charge on any atom is 0.255 e. The van der Waals surface area contributed by atoms with Crippen LogP contribution in [0, 0.1) is 0 Å². The molecule has 0 aromatic carbocycles. The summed E-state index contributed by atoms with van der Waals surface area (Å²) in [5.74, 6) is 5.21. The summed E-state index contributed by atoms with van der Waals surface area (Å²) in [4.78, 5) is 17.0. The van der Waals surface area contributed by atoms with Crippen LogP contribution in [-0.4, -0.2) is 41.1 Å². The number of nitrogens with one attached hydrogen (secondary N) is 1.